The lowest BCUT2D eigenvalue weighted by molar-refractivity contribution is 0.0735. The number of aryl methyl sites for hydroxylation is 1. The minimum Gasteiger partial charge on any atom is -0.493 e. The van der Waals surface area contributed by atoms with Crippen LogP contribution in [0.1, 0.15) is 26.5 Å². The first-order valence-corrected chi connectivity index (χ1v) is 9.72. The molecule has 0 saturated carbocycles. The Balaban J connectivity index is 1.62. The first-order valence-electron chi connectivity index (χ1n) is 8.90. The Morgan fingerprint density at radius 3 is 2.69 bits per heavy atom. The Kier molecular flexibility index (Phi) is 5.02. The van der Waals surface area contributed by atoms with Crippen LogP contribution in [0.3, 0.4) is 0 Å². The van der Waals surface area contributed by atoms with Gasteiger partial charge < -0.3 is 9.47 Å². The molecule has 0 aliphatic heterocycles. The van der Waals surface area contributed by atoms with Crippen LogP contribution in [-0.2, 0) is 6.54 Å². The number of hydrogen-bond acceptors (Lipinski definition) is 6. The number of ether oxygens (including phenoxy) is 2. The summed E-state index contributed by atoms with van der Waals surface area (Å²) in [6, 6.07) is 18.6. The van der Waals surface area contributed by atoms with Crippen LogP contribution >= 0.6 is 11.3 Å². The van der Waals surface area contributed by atoms with E-state index in [9.17, 15) is 4.79 Å². The van der Waals surface area contributed by atoms with Crippen LogP contribution in [0.25, 0.3) is 10.2 Å². The molecule has 0 bridgehead atoms. The zero-order valence-corrected chi connectivity index (χ0v) is 16.7. The Morgan fingerprint density at radius 2 is 1.97 bits per heavy atom. The minimum atomic E-state index is -0.472. The molecule has 2 aromatic heterocycles. The number of nitriles is 1. The normalized spacial score (nSPS) is 10.7. The first kappa shape index (κ1) is 18.7. The molecule has 0 atom stereocenters. The molecule has 0 N–H and O–H groups in total. The van der Waals surface area contributed by atoms with E-state index in [0.29, 0.717) is 22.7 Å². The third-order valence-electron chi connectivity index (χ3n) is 4.48. The molecule has 0 aliphatic carbocycles. The van der Waals surface area contributed by atoms with Gasteiger partial charge in [0.25, 0.3) is 0 Å². The zero-order valence-electron chi connectivity index (χ0n) is 15.9. The Labute approximate surface area is 171 Å². The highest BCUT2D eigenvalue weighted by molar-refractivity contribution is 7.20. The fourth-order valence-corrected chi connectivity index (χ4v) is 4.09. The second kappa shape index (κ2) is 7.78. The van der Waals surface area contributed by atoms with E-state index >= 15 is 0 Å². The minimum absolute atomic E-state index is 0.275. The van der Waals surface area contributed by atoms with Gasteiger partial charge in [-0.05, 0) is 30.7 Å². The third kappa shape index (κ3) is 3.71. The van der Waals surface area contributed by atoms with E-state index in [1.807, 2.05) is 54.1 Å². The van der Waals surface area contributed by atoms with Crippen LogP contribution in [0.15, 0.2) is 54.6 Å². The molecule has 0 aliphatic rings. The van der Waals surface area contributed by atoms with Gasteiger partial charge in [-0.1, -0.05) is 30.3 Å². The van der Waals surface area contributed by atoms with Gasteiger partial charge in [-0.15, -0.1) is 11.3 Å². The van der Waals surface area contributed by atoms with Gasteiger partial charge in [0.05, 0.1) is 31.0 Å². The number of aromatic nitrogens is 2. The van der Waals surface area contributed by atoms with Crippen molar-refractivity contribution in [3.8, 4) is 17.6 Å². The maximum Gasteiger partial charge on any atom is 0.353 e. The van der Waals surface area contributed by atoms with Crippen molar-refractivity contribution in [1.82, 2.24) is 9.78 Å². The molecule has 0 unspecified atom stereocenters. The van der Waals surface area contributed by atoms with E-state index in [1.54, 1.807) is 12.1 Å². The molecule has 2 aromatic carbocycles. The summed E-state index contributed by atoms with van der Waals surface area (Å²) in [5.41, 5.74) is 2.43. The van der Waals surface area contributed by atoms with Gasteiger partial charge in [0.15, 0.2) is 11.5 Å². The topological polar surface area (TPSA) is 77.1 Å². The summed E-state index contributed by atoms with van der Waals surface area (Å²) >= 11 is 1.35. The summed E-state index contributed by atoms with van der Waals surface area (Å²) < 4.78 is 12.7. The maximum atomic E-state index is 12.7. The van der Waals surface area contributed by atoms with Crippen LogP contribution in [0.2, 0.25) is 0 Å². The average molecular weight is 403 g/mol. The monoisotopic (exact) mass is 403 g/mol. The predicted molar refractivity (Wildman–Crippen MR) is 111 cm³/mol. The number of benzene rings is 2. The highest BCUT2D eigenvalue weighted by Gasteiger charge is 2.19. The fraction of sp³-hybridized carbons (Fsp3) is 0.136. The van der Waals surface area contributed by atoms with Crippen molar-refractivity contribution in [2.45, 2.75) is 13.5 Å². The number of carbonyl (C=O) groups is 1. The predicted octanol–water partition coefficient (Wildman–Crippen LogP) is 4.55. The summed E-state index contributed by atoms with van der Waals surface area (Å²) in [6.45, 7) is 2.55. The van der Waals surface area contributed by atoms with Gasteiger partial charge in [-0.25, -0.2) is 4.79 Å². The van der Waals surface area contributed by atoms with Crippen molar-refractivity contribution in [2.75, 3.05) is 7.11 Å². The van der Waals surface area contributed by atoms with E-state index in [4.69, 9.17) is 14.7 Å². The molecule has 4 aromatic rings. The molecule has 29 heavy (non-hydrogen) atoms. The van der Waals surface area contributed by atoms with Gasteiger partial charge in [-0.3, -0.25) is 4.68 Å². The fourth-order valence-electron chi connectivity index (χ4n) is 3.05. The second-order valence-electron chi connectivity index (χ2n) is 6.43. The van der Waals surface area contributed by atoms with Crippen molar-refractivity contribution in [3.63, 3.8) is 0 Å². The summed E-state index contributed by atoms with van der Waals surface area (Å²) in [6.07, 6.45) is 0. The molecule has 0 fully saturated rings. The van der Waals surface area contributed by atoms with Crippen molar-refractivity contribution in [1.29, 1.82) is 5.26 Å². The van der Waals surface area contributed by atoms with Gasteiger partial charge in [0, 0.05) is 11.5 Å². The summed E-state index contributed by atoms with van der Waals surface area (Å²) in [4.78, 5) is 14.1. The maximum absolute atomic E-state index is 12.7. The number of esters is 1. The quantitative estimate of drug-likeness (QED) is 0.361. The largest absolute Gasteiger partial charge is 0.493 e. The molecule has 7 heteroatoms. The lowest BCUT2D eigenvalue weighted by atomic mass is 10.2. The zero-order chi connectivity index (χ0) is 20.4. The Hall–Kier alpha value is -3.63. The number of nitrogens with zero attached hydrogens (tertiary/aromatic N) is 3. The molecule has 0 saturated heterocycles. The van der Waals surface area contributed by atoms with Gasteiger partial charge in [0.2, 0.25) is 0 Å². The highest BCUT2D eigenvalue weighted by atomic mass is 32.1. The molecule has 144 valence electrons. The van der Waals surface area contributed by atoms with Crippen molar-refractivity contribution in [2.24, 2.45) is 0 Å². The van der Waals surface area contributed by atoms with Crippen LogP contribution < -0.4 is 9.47 Å². The van der Waals surface area contributed by atoms with Crippen LogP contribution in [0, 0.1) is 18.3 Å². The van der Waals surface area contributed by atoms with E-state index < -0.39 is 5.97 Å². The number of rotatable bonds is 5. The molecular formula is C22H17N3O3S. The van der Waals surface area contributed by atoms with Crippen molar-refractivity contribution in [3.05, 3.63) is 76.3 Å². The standard InChI is InChI=1S/C22H17N3O3S/c1-14-17-11-20(22(26)28-18-9-8-16(12-23)10-19(18)27-2)29-21(17)25(24-14)13-15-6-4-3-5-7-15/h3-11H,13H2,1-2H3. The SMILES string of the molecule is COc1cc(C#N)ccc1OC(=O)c1cc2c(C)nn(Cc3ccccc3)c2s1. The summed E-state index contributed by atoms with van der Waals surface area (Å²) in [5.74, 6) is 0.140. The molecular weight excluding hydrogens is 386 g/mol. The molecule has 6 nitrogen and oxygen atoms in total. The van der Waals surface area contributed by atoms with E-state index in [1.165, 1.54) is 24.5 Å². The number of methoxy groups -OCH3 is 1. The van der Waals surface area contributed by atoms with Crippen LogP contribution in [0.5, 0.6) is 11.5 Å². The lowest BCUT2D eigenvalue weighted by Crippen LogP contribution is -2.07. The summed E-state index contributed by atoms with van der Waals surface area (Å²) in [5, 5.41) is 14.5. The average Bonchev–Trinajstić information content (AvgIpc) is 3.30. The third-order valence-corrected chi connectivity index (χ3v) is 5.61. The molecule has 0 spiro atoms. The number of fused-ring (bicyclic) bond motifs is 1. The van der Waals surface area contributed by atoms with Gasteiger partial charge in [0.1, 0.15) is 9.71 Å². The molecule has 2 heterocycles. The molecule has 0 amide bonds. The summed E-state index contributed by atoms with van der Waals surface area (Å²) in [7, 11) is 1.47. The second-order valence-corrected chi connectivity index (χ2v) is 7.46. The van der Waals surface area contributed by atoms with Crippen molar-refractivity contribution < 1.29 is 14.3 Å². The highest BCUT2D eigenvalue weighted by Crippen LogP contribution is 2.32. The van der Waals surface area contributed by atoms with E-state index in [-0.39, 0.29) is 5.75 Å². The first-order chi connectivity index (χ1) is 14.1. The van der Waals surface area contributed by atoms with Gasteiger partial charge in [-0.2, -0.15) is 10.4 Å². The van der Waals surface area contributed by atoms with Crippen molar-refractivity contribution >= 4 is 27.5 Å². The number of thiophene rings is 1. The van der Waals surface area contributed by atoms with Gasteiger partial charge >= 0.3 is 5.97 Å². The smallest absolute Gasteiger partial charge is 0.353 e. The molecule has 0 radical (unpaired) electrons. The van der Waals surface area contributed by atoms with Crippen LogP contribution in [0.4, 0.5) is 0 Å². The number of hydrogen-bond donors (Lipinski definition) is 0. The molecule has 4 rings (SSSR count). The van der Waals surface area contributed by atoms with Crippen LogP contribution in [-0.4, -0.2) is 22.9 Å². The van der Waals surface area contributed by atoms with E-state index in [2.05, 4.69) is 5.10 Å². The van der Waals surface area contributed by atoms with E-state index in [0.717, 1.165) is 21.5 Å². The Morgan fingerprint density at radius 1 is 1.17 bits per heavy atom. The lowest BCUT2D eigenvalue weighted by Gasteiger charge is -2.08. The Bertz CT molecular complexity index is 1240. The number of carbonyl (C=O) groups excluding carboxylic acids is 1.